The molecule has 1 saturated carbocycles. The molecule has 0 saturated heterocycles. The number of nitrogens with zero attached hydrogens (tertiary/aromatic N) is 2. The van der Waals surface area contributed by atoms with Crippen LogP contribution < -0.4 is 9.64 Å². The van der Waals surface area contributed by atoms with Crippen LogP contribution in [0.15, 0.2) is 24.3 Å². The van der Waals surface area contributed by atoms with Crippen molar-refractivity contribution < 1.29 is 9.53 Å². The number of amides is 1. The molecule has 1 aromatic heterocycles. The van der Waals surface area contributed by atoms with Gasteiger partial charge >= 0.3 is 0 Å². The van der Waals surface area contributed by atoms with Gasteiger partial charge in [0.15, 0.2) is 0 Å². The summed E-state index contributed by atoms with van der Waals surface area (Å²) >= 11 is 0. The first-order valence-corrected chi connectivity index (χ1v) is 7.05. The maximum atomic E-state index is 12.3. The van der Waals surface area contributed by atoms with Crippen LogP contribution in [0.4, 0.5) is 5.82 Å². The number of rotatable bonds is 2. The van der Waals surface area contributed by atoms with Crippen molar-refractivity contribution in [3.63, 3.8) is 0 Å². The Morgan fingerprint density at radius 3 is 2.95 bits per heavy atom. The predicted octanol–water partition coefficient (Wildman–Crippen LogP) is 2.54. The van der Waals surface area contributed by atoms with Crippen molar-refractivity contribution in [2.24, 2.45) is 5.92 Å². The van der Waals surface area contributed by atoms with Gasteiger partial charge in [0.05, 0.1) is 12.6 Å². The van der Waals surface area contributed by atoms with E-state index in [1.807, 2.05) is 23.1 Å². The average Bonchev–Trinajstić information content (AvgIpc) is 3.25. The highest BCUT2D eigenvalue weighted by Gasteiger charge is 2.37. The van der Waals surface area contributed by atoms with Gasteiger partial charge in [0.1, 0.15) is 11.6 Å². The largest absolute Gasteiger partial charge is 0.497 e. The van der Waals surface area contributed by atoms with Gasteiger partial charge in [-0.3, -0.25) is 9.69 Å². The number of carbonyl (C=O) groups is 1. The topological polar surface area (TPSA) is 42.4 Å². The van der Waals surface area contributed by atoms with Crippen LogP contribution in [-0.2, 0) is 11.2 Å². The number of ether oxygens (including phenoxy) is 1. The summed E-state index contributed by atoms with van der Waals surface area (Å²) in [6, 6.07) is 8.04. The zero-order chi connectivity index (χ0) is 13.7. The molecule has 102 valence electrons. The predicted molar refractivity (Wildman–Crippen MR) is 77.1 cm³/mol. The fourth-order valence-electron chi connectivity index (χ4n) is 2.83. The highest BCUT2D eigenvalue weighted by Crippen LogP contribution is 2.36. The number of carbonyl (C=O) groups excluding carboxylic acids is 1. The molecule has 1 aliphatic carbocycles. The van der Waals surface area contributed by atoms with Crippen LogP contribution in [0.2, 0.25) is 0 Å². The van der Waals surface area contributed by atoms with E-state index >= 15 is 0 Å². The lowest BCUT2D eigenvalue weighted by atomic mass is 10.1. The van der Waals surface area contributed by atoms with Gasteiger partial charge in [-0.2, -0.15) is 0 Å². The van der Waals surface area contributed by atoms with Gasteiger partial charge < -0.3 is 4.74 Å². The van der Waals surface area contributed by atoms with Gasteiger partial charge in [0, 0.05) is 23.9 Å². The van der Waals surface area contributed by atoms with Crippen LogP contribution >= 0.6 is 0 Å². The van der Waals surface area contributed by atoms with Crippen molar-refractivity contribution >= 4 is 22.6 Å². The number of fused-ring (bicyclic) bond motifs is 2. The van der Waals surface area contributed by atoms with Crippen LogP contribution in [0.5, 0.6) is 5.75 Å². The van der Waals surface area contributed by atoms with E-state index in [1.165, 1.54) is 5.56 Å². The molecule has 0 radical (unpaired) electrons. The third-order valence-corrected chi connectivity index (χ3v) is 4.13. The highest BCUT2D eigenvalue weighted by atomic mass is 16.5. The monoisotopic (exact) mass is 268 g/mol. The number of aromatic nitrogens is 1. The summed E-state index contributed by atoms with van der Waals surface area (Å²) in [5, 5.41) is 1.10. The van der Waals surface area contributed by atoms with Gasteiger partial charge in [-0.25, -0.2) is 4.98 Å². The summed E-state index contributed by atoms with van der Waals surface area (Å²) < 4.78 is 5.24. The normalized spacial score (nSPS) is 17.4. The molecule has 20 heavy (non-hydrogen) atoms. The van der Waals surface area contributed by atoms with E-state index in [9.17, 15) is 4.79 Å². The molecule has 4 nitrogen and oxygen atoms in total. The molecular weight excluding hydrogens is 252 g/mol. The Morgan fingerprint density at radius 1 is 1.35 bits per heavy atom. The molecular formula is C16H16N2O2. The summed E-state index contributed by atoms with van der Waals surface area (Å²) in [6.45, 7) is 0.769. The summed E-state index contributed by atoms with van der Waals surface area (Å²) in [5.74, 6) is 2.13. The summed E-state index contributed by atoms with van der Waals surface area (Å²) in [7, 11) is 1.65. The van der Waals surface area contributed by atoms with Gasteiger partial charge in [0.2, 0.25) is 5.91 Å². The average molecular weight is 268 g/mol. The molecule has 2 aliphatic rings. The van der Waals surface area contributed by atoms with Gasteiger partial charge in [-0.1, -0.05) is 0 Å². The lowest BCUT2D eigenvalue weighted by molar-refractivity contribution is -0.119. The van der Waals surface area contributed by atoms with Crippen LogP contribution in [0.25, 0.3) is 10.9 Å². The molecule has 1 fully saturated rings. The van der Waals surface area contributed by atoms with E-state index in [4.69, 9.17) is 9.72 Å². The Hall–Kier alpha value is -2.10. The van der Waals surface area contributed by atoms with Crippen molar-refractivity contribution in [3.8, 4) is 5.75 Å². The lowest BCUT2D eigenvalue weighted by Gasteiger charge is -2.16. The van der Waals surface area contributed by atoms with Crippen molar-refractivity contribution in [2.45, 2.75) is 19.3 Å². The van der Waals surface area contributed by atoms with E-state index < -0.39 is 0 Å². The Bertz CT molecular complexity index is 707. The fraction of sp³-hybridized carbons (Fsp3) is 0.375. The van der Waals surface area contributed by atoms with Gasteiger partial charge in [-0.05, 0) is 43.0 Å². The zero-order valence-corrected chi connectivity index (χ0v) is 11.4. The third-order valence-electron chi connectivity index (χ3n) is 4.13. The number of benzene rings is 1. The second-order valence-corrected chi connectivity index (χ2v) is 5.54. The molecule has 0 N–H and O–H groups in total. The molecule has 1 amide bonds. The molecule has 0 spiro atoms. The summed E-state index contributed by atoms with van der Waals surface area (Å²) in [4.78, 5) is 18.9. The van der Waals surface area contributed by atoms with Crippen molar-refractivity contribution in [1.29, 1.82) is 0 Å². The maximum Gasteiger partial charge on any atom is 0.231 e. The van der Waals surface area contributed by atoms with Crippen LogP contribution in [0.3, 0.4) is 0 Å². The Kier molecular flexibility index (Phi) is 2.46. The minimum absolute atomic E-state index is 0.240. The number of hydrogen-bond donors (Lipinski definition) is 0. The minimum Gasteiger partial charge on any atom is -0.497 e. The zero-order valence-electron chi connectivity index (χ0n) is 11.4. The lowest BCUT2D eigenvalue weighted by Crippen LogP contribution is -2.30. The second-order valence-electron chi connectivity index (χ2n) is 5.54. The molecule has 0 unspecified atom stereocenters. The van der Waals surface area contributed by atoms with Crippen molar-refractivity contribution in [1.82, 2.24) is 4.98 Å². The molecule has 4 rings (SSSR count). The molecule has 2 aromatic rings. The third kappa shape index (κ3) is 1.75. The Balaban J connectivity index is 1.80. The van der Waals surface area contributed by atoms with E-state index in [2.05, 4.69) is 6.07 Å². The highest BCUT2D eigenvalue weighted by molar-refractivity contribution is 5.98. The van der Waals surface area contributed by atoms with Gasteiger partial charge in [0.25, 0.3) is 0 Å². The molecule has 0 atom stereocenters. The van der Waals surface area contributed by atoms with Crippen LogP contribution in [0, 0.1) is 5.92 Å². The minimum atomic E-state index is 0.240. The van der Waals surface area contributed by atoms with Crippen LogP contribution in [0.1, 0.15) is 18.4 Å². The number of methoxy groups -OCH3 is 1. The van der Waals surface area contributed by atoms with Crippen molar-refractivity contribution in [2.75, 3.05) is 18.6 Å². The van der Waals surface area contributed by atoms with Gasteiger partial charge in [-0.15, -0.1) is 0 Å². The molecule has 0 bridgehead atoms. The van der Waals surface area contributed by atoms with Crippen LogP contribution in [-0.4, -0.2) is 24.5 Å². The van der Waals surface area contributed by atoms with Crippen molar-refractivity contribution in [3.05, 3.63) is 29.8 Å². The Morgan fingerprint density at radius 2 is 2.20 bits per heavy atom. The first kappa shape index (κ1) is 11.7. The smallest absolute Gasteiger partial charge is 0.231 e. The first-order valence-electron chi connectivity index (χ1n) is 7.05. The quantitative estimate of drug-likeness (QED) is 0.840. The second kappa shape index (κ2) is 4.20. The molecule has 1 aromatic carbocycles. The van der Waals surface area contributed by atoms with E-state index in [1.54, 1.807) is 7.11 Å². The number of pyridine rings is 1. The molecule has 2 heterocycles. The first-order chi connectivity index (χ1) is 9.76. The van der Waals surface area contributed by atoms with E-state index in [-0.39, 0.29) is 11.8 Å². The standard InChI is InChI=1S/C16H16N2O2/c1-20-13-5-4-11-8-12-6-7-18(16(19)10-2-3-10)15(12)17-14(11)9-13/h4-5,8-10H,2-3,6-7H2,1H3. The fourth-order valence-corrected chi connectivity index (χ4v) is 2.83. The SMILES string of the molecule is COc1ccc2cc3c(nc2c1)N(C(=O)C1CC1)CC3. The number of hydrogen-bond acceptors (Lipinski definition) is 3. The summed E-state index contributed by atoms with van der Waals surface area (Å²) in [6.07, 6.45) is 2.97. The van der Waals surface area contributed by atoms with E-state index in [0.29, 0.717) is 0 Å². The number of anilines is 1. The van der Waals surface area contributed by atoms with E-state index in [0.717, 1.165) is 48.3 Å². The Labute approximate surface area is 117 Å². The summed E-state index contributed by atoms with van der Waals surface area (Å²) in [5.41, 5.74) is 2.07. The maximum absolute atomic E-state index is 12.3. The molecule has 4 heteroatoms. The molecule has 1 aliphatic heterocycles.